The Bertz CT molecular complexity index is 1110. The molecule has 0 radical (unpaired) electrons. The minimum Gasteiger partial charge on any atom is -0.349 e. The van der Waals surface area contributed by atoms with E-state index >= 15 is 0 Å². The molecule has 0 saturated heterocycles. The number of benzene rings is 2. The SMILES string of the molecule is CS/C(=C\C(=O)c1cccc([N+](=O)[O-])c1)Nc1ccc2c(cnn2PI)c1Cl. The van der Waals surface area contributed by atoms with Gasteiger partial charge in [-0.25, -0.2) is 4.45 Å². The average molecular weight is 547 g/mol. The van der Waals surface area contributed by atoms with Crippen LogP contribution in [-0.2, 0) is 0 Å². The van der Waals surface area contributed by atoms with E-state index in [4.69, 9.17) is 11.6 Å². The predicted octanol–water partition coefficient (Wildman–Crippen LogP) is 5.89. The summed E-state index contributed by atoms with van der Waals surface area (Å²) < 4.78 is 1.86. The fourth-order valence-corrected chi connectivity index (χ4v) is 4.72. The van der Waals surface area contributed by atoms with Crippen LogP contribution < -0.4 is 5.32 Å². The van der Waals surface area contributed by atoms with Gasteiger partial charge in [0.05, 0.1) is 38.7 Å². The van der Waals surface area contributed by atoms with E-state index in [0.717, 1.165) is 10.9 Å². The van der Waals surface area contributed by atoms with Gasteiger partial charge in [-0.1, -0.05) is 23.7 Å². The quantitative estimate of drug-likeness (QED) is 0.0993. The second-order valence-electron chi connectivity index (χ2n) is 5.51. The summed E-state index contributed by atoms with van der Waals surface area (Å²) in [4.78, 5) is 22.9. The Labute approximate surface area is 184 Å². The van der Waals surface area contributed by atoms with Crippen molar-refractivity contribution < 1.29 is 9.72 Å². The Balaban J connectivity index is 1.88. The number of fused-ring (bicyclic) bond motifs is 1. The summed E-state index contributed by atoms with van der Waals surface area (Å²) in [5.74, 6) is -0.336. The van der Waals surface area contributed by atoms with Crippen molar-refractivity contribution in [1.29, 1.82) is 0 Å². The molecule has 0 bridgehead atoms. The van der Waals surface area contributed by atoms with Crippen LogP contribution in [0.25, 0.3) is 10.9 Å². The van der Waals surface area contributed by atoms with Crippen molar-refractivity contribution >= 4 is 79.8 Å². The fourth-order valence-electron chi connectivity index (χ4n) is 2.49. The van der Waals surface area contributed by atoms with E-state index in [-0.39, 0.29) is 17.0 Å². The van der Waals surface area contributed by atoms with Crippen molar-refractivity contribution in [3.05, 3.63) is 74.4 Å². The number of hydrogen-bond donors (Lipinski definition) is 1. The summed E-state index contributed by atoms with van der Waals surface area (Å²) in [6.07, 6.45) is 5.40. The van der Waals surface area contributed by atoms with Gasteiger partial charge in [-0.2, -0.15) is 5.10 Å². The van der Waals surface area contributed by atoms with Crippen molar-refractivity contribution in [2.75, 3.05) is 11.6 Å². The maximum absolute atomic E-state index is 12.5. The summed E-state index contributed by atoms with van der Waals surface area (Å²) in [5.41, 5.74) is 1.70. The number of thioether (sulfide) groups is 1. The Morgan fingerprint density at radius 3 is 2.89 bits per heavy atom. The molecule has 144 valence electrons. The molecule has 7 nitrogen and oxygen atoms in total. The molecule has 1 aromatic heterocycles. The van der Waals surface area contributed by atoms with E-state index in [9.17, 15) is 14.9 Å². The number of ketones is 1. The second-order valence-corrected chi connectivity index (χ2v) is 8.78. The zero-order valence-electron chi connectivity index (χ0n) is 14.3. The molecule has 0 aliphatic heterocycles. The maximum atomic E-state index is 12.5. The number of halogens is 2. The summed E-state index contributed by atoms with van der Waals surface area (Å²) >= 11 is 10.1. The highest BCUT2D eigenvalue weighted by atomic mass is 127. The van der Waals surface area contributed by atoms with Gasteiger partial charge in [0, 0.05) is 29.2 Å². The van der Waals surface area contributed by atoms with Crippen molar-refractivity contribution in [1.82, 2.24) is 9.55 Å². The first kappa shape index (κ1) is 21.0. The lowest BCUT2D eigenvalue weighted by atomic mass is 10.1. The summed E-state index contributed by atoms with van der Waals surface area (Å²) in [6.45, 7) is 0. The molecule has 2 aromatic carbocycles. The summed E-state index contributed by atoms with van der Waals surface area (Å²) in [7, 11) is 0. The third-order valence-corrected chi connectivity index (χ3v) is 6.80. The highest BCUT2D eigenvalue weighted by Gasteiger charge is 2.13. The van der Waals surface area contributed by atoms with Gasteiger partial charge in [0.25, 0.3) is 5.69 Å². The van der Waals surface area contributed by atoms with Crippen LogP contribution in [0.2, 0.25) is 5.02 Å². The van der Waals surface area contributed by atoms with Gasteiger partial charge in [0.15, 0.2) is 5.78 Å². The lowest BCUT2D eigenvalue weighted by molar-refractivity contribution is -0.384. The first-order valence-corrected chi connectivity index (χ1v) is 13.5. The Hall–Kier alpha value is -1.68. The number of carbonyl (C=O) groups excluding carboxylic acids is 1. The number of anilines is 1. The van der Waals surface area contributed by atoms with E-state index in [2.05, 4.69) is 32.5 Å². The minimum atomic E-state index is -0.528. The zero-order chi connectivity index (χ0) is 20.3. The van der Waals surface area contributed by atoms with E-state index in [0.29, 0.717) is 22.1 Å². The highest BCUT2D eigenvalue weighted by molar-refractivity contribution is 14.2. The zero-order valence-corrected chi connectivity index (χ0v) is 19.1. The molecule has 0 fully saturated rings. The largest absolute Gasteiger partial charge is 0.349 e. The molecule has 3 aromatic rings. The standard InChI is InChI=1S/C17H13ClIN4O3PS/c1-28-16(8-15(24)10-3-2-4-11(7-10)23(25)26)21-13-5-6-14-12(17(13)18)9-20-22(14)27-19/h2-9,21,27H,1H3/b16-8-. The van der Waals surface area contributed by atoms with Crippen LogP contribution in [0, 0.1) is 10.1 Å². The minimum absolute atomic E-state index is 0.126. The molecule has 0 amide bonds. The van der Waals surface area contributed by atoms with Crippen LogP contribution in [0.1, 0.15) is 10.4 Å². The van der Waals surface area contributed by atoms with Gasteiger partial charge in [0.2, 0.25) is 0 Å². The lowest BCUT2D eigenvalue weighted by Crippen LogP contribution is -2.02. The average Bonchev–Trinajstić information content (AvgIpc) is 3.13. The Kier molecular flexibility index (Phi) is 6.92. The molecule has 1 atom stereocenters. The topological polar surface area (TPSA) is 90.1 Å². The molecule has 1 N–H and O–H groups in total. The molecule has 0 aliphatic rings. The first-order valence-electron chi connectivity index (χ1n) is 7.79. The van der Waals surface area contributed by atoms with Gasteiger partial charge in [-0.15, -0.1) is 11.8 Å². The molecule has 3 rings (SSSR count). The monoisotopic (exact) mass is 546 g/mol. The number of nitro groups is 1. The smallest absolute Gasteiger partial charge is 0.270 e. The maximum Gasteiger partial charge on any atom is 0.270 e. The Morgan fingerprint density at radius 2 is 2.21 bits per heavy atom. The molecule has 0 saturated carbocycles. The number of aromatic nitrogens is 2. The van der Waals surface area contributed by atoms with Crippen LogP contribution in [0.15, 0.2) is 53.7 Å². The van der Waals surface area contributed by atoms with Gasteiger partial charge < -0.3 is 5.32 Å². The number of hydrogen-bond acceptors (Lipinski definition) is 6. The van der Waals surface area contributed by atoms with Crippen molar-refractivity contribution in [2.24, 2.45) is 0 Å². The molecule has 1 unspecified atom stereocenters. The normalized spacial score (nSPS) is 12.0. The first-order chi connectivity index (χ1) is 13.4. The molecule has 0 spiro atoms. The molecule has 28 heavy (non-hydrogen) atoms. The van der Waals surface area contributed by atoms with Crippen LogP contribution in [-0.4, -0.2) is 26.5 Å². The Morgan fingerprint density at radius 1 is 1.43 bits per heavy atom. The number of nitro benzene ring substituents is 1. The number of non-ortho nitro benzene ring substituents is 1. The highest BCUT2D eigenvalue weighted by Crippen LogP contribution is 2.36. The van der Waals surface area contributed by atoms with Crippen molar-refractivity contribution in [2.45, 2.75) is 0 Å². The predicted molar refractivity (Wildman–Crippen MR) is 125 cm³/mol. The van der Waals surface area contributed by atoms with Crippen molar-refractivity contribution in [3.63, 3.8) is 0 Å². The van der Waals surface area contributed by atoms with Gasteiger partial charge in [-0.05, 0) is 40.4 Å². The van der Waals surface area contributed by atoms with Crippen LogP contribution in [0.3, 0.4) is 0 Å². The van der Waals surface area contributed by atoms with Crippen LogP contribution in [0.4, 0.5) is 11.4 Å². The van der Waals surface area contributed by atoms with E-state index in [1.807, 2.05) is 22.8 Å². The number of allylic oxidation sites excluding steroid dienone is 1. The lowest BCUT2D eigenvalue weighted by Gasteiger charge is -2.11. The number of rotatable bonds is 7. The van der Waals surface area contributed by atoms with E-state index < -0.39 is 4.92 Å². The number of nitrogens with zero attached hydrogens (tertiary/aromatic N) is 3. The fraction of sp³-hybridized carbons (Fsp3) is 0.0588. The summed E-state index contributed by atoms with van der Waals surface area (Å²) in [6, 6.07) is 9.39. The molecule has 0 aliphatic carbocycles. The van der Waals surface area contributed by atoms with Gasteiger partial charge in [-0.3, -0.25) is 14.9 Å². The molecule has 1 heterocycles. The van der Waals surface area contributed by atoms with Gasteiger partial charge in [0.1, 0.15) is 0 Å². The number of carbonyl (C=O) groups is 1. The van der Waals surface area contributed by atoms with E-state index in [1.54, 1.807) is 12.3 Å². The van der Waals surface area contributed by atoms with Crippen molar-refractivity contribution in [3.8, 4) is 0 Å². The van der Waals surface area contributed by atoms with Crippen LogP contribution in [0.5, 0.6) is 0 Å². The molecule has 11 heteroatoms. The third-order valence-electron chi connectivity index (χ3n) is 3.85. The molecular formula is C17H13ClIN4O3PS. The third kappa shape index (κ3) is 4.48. The summed E-state index contributed by atoms with van der Waals surface area (Å²) in [5, 5.41) is 20.3. The van der Waals surface area contributed by atoms with Gasteiger partial charge >= 0.3 is 0 Å². The van der Waals surface area contributed by atoms with E-state index in [1.165, 1.54) is 36.0 Å². The molecular weight excluding hydrogens is 534 g/mol. The second kappa shape index (κ2) is 9.21. The number of nitrogens with one attached hydrogen (secondary N) is 1. The van der Waals surface area contributed by atoms with Crippen LogP contribution >= 0.6 is 51.8 Å².